The highest BCUT2D eigenvalue weighted by atomic mass is 16.6. The number of carbonyl (C=O) groups is 1. The molecule has 0 radical (unpaired) electrons. The summed E-state index contributed by atoms with van der Waals surface area (Å²) in [6.45, 7) is 2.07. The van der Waals surface area contributed by atoms with Crippen LogP contribution in [0, 0.1) is 0 Å². The molecule has 0 amide bonds. The monoisotopic (exact) mass is 221 g/mol. The third-order valence-corrected chi connectivity index (χ3v) is 1.98. The highest BCUT2D eigenvalue weighted by Crippen LogP contribution is 2.02. The van der Waals surface area contributed by atoms with Crippen molar-refractivity contribution in [1.29, 1.82) is 0 Å². The summed E-state index contributed by atoms with van der Waals surface area (Å²) in [4.78, 5) is 16.1. The van der Waals surface area contributed by atoms with Crippen LogP contribution in [0.5, 0.6) is 0 Å². The van der Waals surface area contributed by atoms with Crippen LogP contribution in [0.15, 0.2) is 35.5 Å². The molecule has 0 heterocycles. The van der Waals surface area contributed by atoms with E-state index in [2.05, 4.69) is 9.99 Å². The summed E-state index contributed by atoms with van der Waals surface area (Å²) in [5.41, 5.74) is 1.24. The number of hydrogen-bond donors (Lipinski definition) is 0. The molecule has 0 aliphatic carbocycles. The molecule has 86 valence electrons. The van der Waals surface area contributed by atoms with Crippen LogP contribution in [-0.2, 0) is 21.0 Å². The Balaban J connectivity index is 2.49. The lowest BCUT2D eigenvalue weighted by Gasteiger charge is -2.05. The van der Waals surface area contributed by atoms with Crippen molar-refractivity contribution in [2.75, 3.05) is 7.11 Å². The molecule has 4 nitrogen and oxygen atoms in total. The van der Waals surface area contributed by atoms with Crippen molar-refractivity contribution in [3.8, 4) is 0 Å². The molecule has 1 aromatic carbocycles. The molecule has 0 aliphatic rings. The van der Waals surface area contributed by atoms with Gasteiger partial charge in [0, 0.05) is 0 Å². The molecule has 0 bridgehead atoms. The minimum atomic E-state index is -0.437. The number of nitrogens with zero attached hydrogens (tertiary/aromatic N) is 1. The summed E-state index contributed by atoms with van der Waals surface area (Å²) in [6, 6.07) is 9.49. The van der Waals surface area contributed by atoms with E-state index < -0.39 is 5.97 Å². The van der Waals surface area contributed by atoms with Gasteiger partial charge in [0.05, 0.1) is 0 Å². The van der Waals surface area contributed by atoms with Crippen LogP contribution in [-0.4, -0.2) is 18.8 Å². The van der Waals surface area contributed by atoms with Crippen LogP contribution in [0.2, 0.25) is 0 Å². The number of rotatable bonds is 5. The van der Waals surface area contributed by atoms with E-state index >= 15 is 0 Å². The van der Waals surface area contributed by atoms with Crippen LogP contribution in [0.1, 0.15) is 18.9 Å². The lowest BCUT2D eigenvalue weighted by molar-refractivity contribution is -0.137. The smallest absolute Gasteiger partial charge is 0.356 e. The summed E-state index contributed by atoms with van der Waals surface area (Å²) in [5.74, 6) is -0.437. The van der Waals surface area contributed by atoms with Crippen LogP contribution in [0.3, 0.4) is 0 Å². The van der Waals surface area contributed by atoms with Gasteiger partial charge in [-0.3, -0.25) is 0 Å². The number of carbonyl (C=O) groups excluding carboxylic acids is 1. The van der Waals surface area contributed by atoms with Crippen molar-refractivity contribution < 1.29 is 14.4 Å². The van der Waals surface area contributed by atoms with Gasteiger partial charge in [0.25, 0.3) is 0 Å². The minimum Gasteiger partial charge on any atom is -0.456 e. The molecule has 1 aromatic rings. The fraction of sp³-hybridized carbons (Fsp3) is 0.333. The normalized spacial score (nSPS) is 11.0. The van der Waals surface area contributed by atoms with Gasteiger partial charge in [-0.1, -0.05) is 42.4 Å². The second-order valence-electron chi connectivity index (χ2n) is 3.14. The lowest BCUT2D eigenvalue weighted by atomic mass is 10.2. The molecule has 0 N–H and O–H groups in total. The quantitative estimate of drug-likeness (QED) is 0.435. The van der Waals surface area contributed by atoms with Crippen molar-refractivity contribution in [3.63, 3.8) is 0 Å². The van der Waals surface area contributed by atoms with Crippen molar-refractivity contribution in [3.05, 3.63) is 35.9 Å². The number of hydrogen-bond acceptors (Lipinski definition) is 4. The Morgan fingerprint density at radius 3 is 2.56 bits per heavy atom. The molecule has 0 saturated heterocycles. The predicted octanol–water partition coefficient (Wildman–Crippen LogP) is 2.14. The van der Waals surface area contributed by atoms with Gasteiger partial charge in [0.1, 0.15) is 13.7 Å². The van der Waals surface area contributed by atoms with Crippen LogP contribution >= 0.6 is 0 Å². The van der Waals surface area contributed by atoms with E-state index in [1.165, 1.54) is 7.11 Å². The van der Waals surface area contributed by atoms with Crippen molar-refractivity contribution in [2.24, 2.45) is 5.16 Å². The standard InChI is InChI=1S/C12H15NO3/c1-3-11(13-15-2)12(14)16-9-10-7-5-4-6-8-10/h4-8H,3,9H2,1-2H3. The van der Waals surface area contributed by atoms with E-state index in [4.69, 9.17) is 4.74 Å². The summed E-state index contributed by atoms with van der Waals surface area (Å²) in [5, 5.41) is 3.60. The van der Waals surface area contributed by atoms with E-state index in [9.17, 15) is 4.79 Å². The topological polar surface area (TPSA) is 47.9 Å². The van der Waals surface area contributed by atoms with Crippen LogP contribution in [0.25, 0.3) is 0 Å². The van der Waals surface area contributed by atoms with Gasteiger partial charge in [-0.05, 0) is 12.0 Å². The van der Waals surface area contributed by atoms with Gasteiger partial charge in [-0.15, -0.1) is 0 Å². The molecule has 4 heteroatoms. The largest absolute Gasteiger partial charge is 0.456 e. The first kappa shape index (κ1) is 12.2. The van der Waals surface area contributed by atoms with Gasteiger partial charge in [0.15, 0.2) is 5.71 Å². The maximum atomic E-state index is 11.5. The van der Waals surface area contributed by atoms with Crippen molar-refractivity contribution in [1.82, 2.24) is 0 Å². The Kier molecular flexibility index (Phi) is 5.05. The zero-order chi connectivity index (χ0) is 11.8. The second kappa shape index (κ2) is 6.61. The first-order chi connectivity index (χ1) is 7.77. The summed E-state index contributed by atoms with van der Waals surface area (Å²) >= 11 is 0. The van der Waals surface area contributed by atoms with Gasteiger partial charge >= 0.3 is 5.97 Å². The third kappa shape index (κ3) is 3.73. The van der Waals surface area contributed by atoms with Crippen LogP contribution in [0.4, 0.5) is 0 Å². The van der Waals surface area contributed by atoms with E-state index in [-0.39, 0.29) is 6.61 Å². The Morgan fingerprint density at radius 2 is 2.00 bits per heavy atom. The summed E-state index contributed by atoms with van der Waals surface area (Å²) in [6.07, 6.45) is 0.488. The molecule has 0 aliphatic heterocycles. The zero-order valence-electron chi connectivity index (χ0n) is 9.47. The molecule has 0 atom stereocenters. The molecule has 16 heavy (non-hydrogen) atoms. The van der Waals surface area contributed by atoms with Gasteiger partial charge in [0.2, 0.25) is 0 Å². The highest BCUT2D eigenvalue weighted by Gasteiger charge is 2.11. The molecule has 0 saturated carbocycles. The highest BCUT2D eigenvalue weighted by molar-refractivity contribution is 6.36. The molecule has 0 unspecified atom stereocenters. The van der Waals surface area contributed by atoms with E-state index in [1.54, 1.807) is 0 Å². The first-order valence-corrected chi connectivity index (χ1v) is 5.09. The number of ether oxygens (including phenoxy) is 1. The molecule has 0 fully saturated rings. The molecular weight excluding hydrogens is 206 g/mol. The fourth-order valence-corrected chi connectivity index (χ4v) is 1.16. The average Bonchev–Trinajstić information content (AvgIpc) is 2.34. The van der Waals surface area contributed by atoms with Gasteiger partial charge in [-0.2, -0.15) is 0 Å². The first-order valence-electron chi connectivity index (χ1n) is 5.09. The van der Waals surface area contributed by atoms with Crippen molar-refractivity contribution in [2.45, 2.75) is 20.0 Å². The molecule has 1 rings (SSSR count). The average molecular weight is 221 g/mol. The maximum absolute atomic E-state index is 11.5. The van der Waals surface area contributed by atoms with Gasteiger partial charge < -0.3 is 9.57 Å². The fourth-order valence-electron chi connectivity index (χ4n) is 1.16. The van der Waals surface area contributed by atoms with E-state index in [0.717, 1.165) is 5.56 Å². The van der Waals surface area contributed by atoms with Crippen LogP contribution < -0.4 is 0 Å². The van der Waals surface area contributed by atoms with E-state index in [0.29, 0.717) is 12.1 Å². The Bertz CT molecular complexity index is 360. The SMILES string of the molecule is CCC(=NOC)C(=O)OCc1ccccc1. The van der Waals surface area contributed by atoms with Crippen molar-refractivity contribution >= 4 is 11.7 Å². The second-order valence-corrected chi connectivity index (χ2v) is 3.14. The summed E-state index contributed by atoms with van der Waals surface area (Å²) < 4.78 is 5.08. The Morgan fingerprint density at radius 1 is 1.31 bits per heavy atom. The summed E-state index contributed by atoms with van der Waals surface area (Å²) in [7, 11) is 1.40. The number of benzene rings is 1. The minimum absolute atomic E-state index is 0.252. The Hall–Kier alpha value is -1.84. The molecular formula is C12H15NO3. The molecule has 0 spiro atoms. The third-order valence-electron chi connectivity index (χ3n) is 1.98. The van der Waals surface area contributed by atoms with Gasteiger partial charge in [-0.25, -0.2) is 4.79 Å². The predicted molar refractivity (Wildman–Crippen MR) is 61.0 cm³/mol. The molecule has 0 aromatic heterocycles. The lowest BCUT2D eigenvalue weighted by Crippen LogP contribution is -2.16. The van der Waals surface area contributed by atoms with E-state index in [1.807, 2.05) is 37.3 Å². The number of esters is 1. The maximum Gasteiger partial charge on any atom is 0.356 e. The number of oxime groups is 1. The zero-order valence-corrected chi connectivity index (χ0v) is 9.47. The Labute approximate surface area is 94.9 Å².